The number of nitrogens with zero attached hydrogens (tertiary/aromatic N) is 2. The summed E-state index contributed by atoms with van der Waals surface area (Å²) in [7, 11) is -3.44. The molecule has 4 nitrogen and oxygen atoms in total. The molecular formula is C21H25ClN2O2S. The lowest BCUT2D eigenvalue weighted by atomic mass is 9.87. The Morgan fingerprint density at radius 1 is 0.926 bits per heavy atom. The highest BCUT2D eigenvalue weighted by molar-refractivity contribution is 7.89. The molecule has 0 radical (unpaired) electrons. The van der Waals surface area contributed by atoms with Crippen LogP contribution in [0.3, 0.4) is 0 Å². The van der Waals surface area contributed by atoms with Crippen molar-refractivity contribution in [1.29, 1.82) is 0 Å². The molecule has 2 aromatic carbocycles. The van der Waals surface area contributed by atoms with Crippen molar-refractivity contribution in [3.8, 4) is 0 Å². The van der Waals surface area contributed by atoms with Crippen LogP contribution in [0.25, 0.3) is 0 Å². The molecule has 2 saturated heterocycles. The summed E-state index contributed by atoms with van der Waals surface area (Å²) >= 11 is 6.01. The number of benzene rings is 2. The van der Waals surface area contributed by atoms with Gasteiger partial charge in [0.25, 0.3) is 0 Å². The Morgan fingerprint density at radius 3 is 2.30 bits per heavy atom. The van der Waals surface area contributed by atoms with Crippen LogP contribution in [0.5, 0.6) is 0 Å². The highest BCUT2D eigenvalue weighted by Gasteiger charge is 2.46. The minimum absolute atomic E-state index is 0.0558. The van der Waals surface area contributed by atoms with Crippen LogP contribution in [-0.2, 0) is 16.6 Å². The maximum atomic E-state index is 13.1. The Bertz CT molecular complexity index is 886. The van der Waals surface area contributed by atoms with Gasteiger partial charge in [0.2, 0.25) is 10.0 Å². The first kappa shape index (κ1) is 18.9. The first-order chi connectivity index (χ1) is 13.0. The molecule has 0 N–H and O–H groups in total. The van der Waals surface area contributed by atoms with Gasteiger partial charge in [-0.2, -0.15) is 4.31 Å². The van der Waals surface area contributed by atoms with Crippen LogP contribution in [0.1, 0.15) is 31.2 Å². The fraction of sp³-hybridized carbons (Fsp3) is 0.429. The van der Waals surface area contributed by atoms with Crippen molar-refractivity contribution in [2.75, 3.05) is 19.6 Å². The minimum Gasteiger partial charge on any atom is -0.292 e. The summed E-state index contributed by atoms with van der Waals surface area (Å²) in [5.74, 6) is 0. The highest BCUT2D eigenvalue weighted by Crippen LogP contribution is 2.39. The molecule has 0 bridgehead atoms. The number of halogens is 1. The average Bonchev–Trinajstić information content (AvgIpc) is 3.05. The quantitative estimate of drug-likeness (QED) is 0.768. The Morgan fingerprint density at radius 2 is 1.59 bits per heavy atom. The standard InChI is InChI=1S/C21H25ClN2O2S/c22-19-10-8-18(9-11-19)16-23-14-4-12-21(23)13-5-15-24(17-21)27(25,26)20-6-2-1-3-7-20/h1-3,6-11H,4-5,12-17H2/t21-/m0/s1. The van der Waals surface area contributed by atoms with E-state index in [-0.39, 0.29) is 5.54 Å². The van der Waals surface area contributed by atoms with Crippen molar-refractivity contribution >= 4 is 21.6 Å². The molecule has 27 heavy (non-hydrogen) atoms. The molecule has 1 spiro atoms. The van der Waals surface area contributed by atoms with Gasteiger partial charge in [-0.3, -0.25) is 4.90 Å². The van der Waals surface area contributed by atoms with Gasteiger partial charge in [0.05, 0.1) is 4.90 Å². The first-order valence-corrected chi connectivity index (χ1v) is 11.4. The number of hydrogen-bond acceptors (Lipinski definition) is 3. The summed E-state index contributed by atoms with van der Waals surface area (Å²) in [5.41, 5.74) is 1.17. The zero-order chi connectivity index (χ0) is 18.9. The Balaban J connectivity index is 1.56. The largest absolute Gasteiger partial charge is 0.292 e. The number of likely N-dealkylation sites (tertiary alicyclic amines) is 1. The summed E-state index contributed by atoms with van der Waals surface area (Å²) < 4.78 is 27.9. The second-order valence-corrected chi connectivity index (χ2v) is 10.0. The summed E-state index contributed by atoms with van der Waals surface area (Å²) in [6.45, 7) is 3.05. The lowest BCUT2D eigenvalue weighted by Gasteiger charge is -2.45. The van der Waals surface area contributed by atoms with E-state index in [1.807, 2.05) is 18.2 Å². The van der Waals surface area contributed by atoms with E-state index >= 15 is 0 Å². The fourth-order valence-electron chi connectivity index (χ4n) is 4.53. The fourth-order valence-corrected chi connectivity index (χ4v) is 6.24. The Labute approximate surface area is 166 Å². The number of piperidine rings is 1. The summed E-state index contributed by atoms with van der Waals surface area (Å²) in [6, 6.07) is 16.8. The number of rotatable bonds is 4. The van der Waals surface area contributed by atoms with Crippen molar-refractivity contribution < 1.29 is 8.42 Å². The molecule has 6 heteroatoms. The molecule has 2 fully saturated rings. The predicted octanol–water partition coefficient (Wildman–Crippen LogP) is 4.16. The van der Waals surface area contributed by atoms with E-state index in [0.717, 1.165) is 43.8 Å². The maximum absolute atomic E-state index is 13.1. The molecule has 4 rings (SSSR count). The molecule has 1 atom stereocenters. The van der Waals surface area contributed by atoms with E-state index in [1.54, 1.807) is 28.6 Å². The van der Waals surface area contributed by atoms with Gasteiger partial charge in [-0.15, -0.1) is 0 Å². The number of sulfonamides is 1. The van der Waals surface area contributed by atoms with Gasteiger partial charge >= 0.3 is 0 Å². The second kappa shape index (κ2) is 7.55. The van der Waals surface area contributed by atoms with E-state index in [4.69, 9.17) is 11.6 Å². The van der Waals surface area contributed by atoms with Crippen LogP contribution in [0.4, 0.5) is 0 Å². The van der Waals surface area contributed by atoms with Crippen LogP contribution in [-0.4, -0.2) is 42.8 Å². The normalized spacial score (nSPS) is 24.5. The predicted molar refractivity (Wildman–Crippen MR) is 108 cm³/mol. The van der Waals surface area contributed by atoms with Gasteiger partial charge in [-0.25, -0.2) is 8.42 Å². The maximum Gasteiger partial charge on any atom is 0.243 e. The molecular weight excluding hydrogens is 380 g/mol. The third-order valence-electron chi connectivity index (χ3n) is 5.93. The van der Waals surface area contributed by atoms with Crippen molar-refractivity contribution in [2.45, 2.75) is 42.7 Å². The van der Waals surface area contributed by atoms with Crippen molar-refractivity contribution in [1.82, 2.24) is 9.21 Å². The third-order valence-corrected chi connectivity index (χ3v) is 8.04. The average molecular weight is 405 g/mol. The molecule has 0 aromatic heterocycles. The highest BCUT2D eigenvalue weighted by atomic mass is 35.5. The van der Waals surface area contributed by atoms with E-state index in [2.05, 4.69) is 17.0 Å². The minimum atomic E-state index is -3.44. The van der Waals surface area contributed by atoms with Crippen molar-refractivity contribution in [3.05, 3.63) is 65.2 Å². The molecule has 144 valence electrons. The van der Waals surface area contributed by atoms with Crippen LogP contribution in [0.2, 0.25) is 5.02 Å². The van der Waals surface area contributed by atoms with Gasteiger partial charge in [-0.05, 0) is 62.1 Å². The van der Waals surface area contributed by atoms with Crippen molar-refractivity contribution in [3.63, 3.8) is 0 Å². The first-order valence-electron chi connectivity index (χ1n) is 9.54. The van der Waals surface area contributed by atoms with E-state index < -0.39 is 10.0 Å². The molecule has 0 saturated carbocycles. The SMILES string of the molecule is O=S(=O)(c1ccccc1)N1CCC[C@@]2(CCCN2Cc2ccc(Cl)cc2)C1. The second-order valence-electron chi connectivity index (χ2n) is 7.63. The summed E-state index contributed by atoms with van der Waals surface area (Å²) in [5, 5.41) is 0.743. The zero-order valence-electron chi connectivity index (χ0n) is 15.4. The van der Waals surface area contributed by atoms with Gasteiger partial charge in [-0.1, -0.05) is 41.9 Å². The van der Waals surface area contributed by atoms with Crippen molar-refractivity contribution in [2.24, 2.45) is 0 Å². The van der Waals surface area contributed by atoms with E-state index in [0.29, 0.717) is 18.0 Å². The summed E-state index contributed by atoms with van der Waals surface area (Å²) in [4.78, 5) is 2.88. The molecule has 0 unspecified atom stereocenters. The van der Waals surface area contributed by atoms with E-state index in [9.17, 15) is 8.42 Å². The van der Waals surface area contributed by atoms with Gasteiger partial charge < -0.3 is 0 Å². The van der Waals surface area contributed by atoms with Crippen LogP contribution in [0, 0.1) is 0 Å². The topological polar surface area (TPSA) is 40.6 Å². The van der Waals surface area contributed by atoms with Crippen LogP contribution < -0.4 is 0 Å². The Kier molecular flexibility index (Phi) is 5.30. The van der Waals surface area contributed by atoms with Crippen LogP contribution >= 0.6 is 11.6 Å². The van der Waals surface area contributed by atoms with Gasteiger partial charge in [0.15, 0.2) is 0 Å². The Hall–Kier alpha value is -1.40. The third kappa shape index (κ3) is 3.79. The molecule has 0 amide bonds. The van der Waals surface area contributed by atoms with Gasteiger partial charge in [0.1, 0.15) is 0 Å². The number of hydrogen-bond donors (Lipinski definition) is 0. The lowest BCUT2D eigenvalue weighted by Crippen LogP contribution is -2.56. The zero-order valence-corrected chi connectivity index (χ0v) is 16.9. The van der Waals surface area contributed by atoms with E-state index in [1.165, 1.54) is 5.56 Å². The summed E-state index contributed by atoms with van der Waals surface area (Å²) in [6.07, 6.45) is 4.14. The molecule has 2 aliphatic rings. The van der Waals surface area contributed by atoms with Gasteiger partial charge in [0, 0.05) is 30.2 Å². The molecule has 2 aromatic rings. The smallest absolute Gasteiger partial charge is 0.243 e. The molecule has 0 aliphatic carbocycles. The van der Waals surface area contributed by atoms with Crippen LogP contribution in [0.15, 0.2) is 59.5 Å². The molecule has 2 heterocycles. The monoisotopic (exact) mass is 404 g/mol. The lowest BCUT2D eigenvalue weighted by molar-refractivity contribution is 0.0679. The molecule has 2 aliphatic heterocycles.